The molecule has 2 aromatic heterocycles. The molecule has 2 nitrogen and oxygen atoms in total. The summed E-state index contributed by atoms with van der Waals surface area (Å²) in [6, 6.07) is 59.2. The van der Waals surface area contributed by atoms with Gasteiger partial charge in [-0.1, -0.05) is 149 Å². The van der Waals surface area contributed by atoms with Crippen molar-refractivity contribution in [3.05, 3.63) is 207 Å². The van der Waals surface area contributed by atoms with Gasteiger partial charge in [0.05, 0.1) is 33.6 Å². The number of nitriles is 1. The molecular formula is C65H50N2. The van der Waals surface area contributed by atoms with E-state index in [0.29, 0.717) is 11.8 Å². The van der Waals surface area contributed by atoms with Crippen LogP contribution in [0.1, 0.15) is 133 Å². The summed E-state index contributed by atoms with van der Waals surface area (Å²) in [5, 5.41) is 16.8. The van der Waals surface area contributed by atoms with Crippen LogP contribution in [0.5, 0.6) is 0 Å². The van der Waals surface area contributed by atoms with Crippen LogP contribution in [-0.2, 0) is 16.2 Å². The Morgan fingerprint density at radius 1 is 0.493 bits per heavy atom. The zero-order valence-corrected chi connectivity index (χ0v) is 38.6. The van der Waals surface area contributed by atoms with Crippen LogP contribution >= 0.6 is 0 Å². The third-order valence-electron chi connectivity index (χ3n) is 18.9. The summed E-state index contributed by atoms with van der Waals surface area (Å²) < 4.78 is 2.62. The third-order valence-corrected chi connectivity index (χ3v) is 18.9. The predicted molar refractivity (Wildman–Crippen MR) is 274 cm³/mol. The zero-order chi connectivity index (χ0) is 44.5. The molecule has 8 aromatic carbocycles. The Morgan fingerprint density at radius 3 is 1.69 bits per heavy atom. The third kappa shape index (κ3) is 4.19. The summed E-state index contributed by atoms with van der Waals surface area (Å²) in [7, 11) is 0. The fourth-order valence-corrected chi connectivity index (χ4v) is 16.7. The standard InChI is InChI=1S/C65H50N2/c1-63(2)51-21-11-12-22-52(51)64(3,4)61-59-47-32-38(41-17-13-23-53-57(41)45-16-7-10-20-50(45)65(53)48-18-8-5-14-43(48)44-15-6-9-19-49(44)65)31-46-58-54(67(62(46)47)55(59)33-40(34-66)60(61)63)25-24-42-37-27-35-26-36(28-37)30-39(29-35)56(42)58/h5-25,31-33,35-37,39H,26-30H2,1-4H3. The van der Waals surface area contributed by atoms with Crippen LogP contribution in [0.25, 0.3) is 71.5 Å². The first-order valence-corrected chi connectivity index (χ1v) is 25.0. The minimum Gasteiger partial charge on any atom is -0.308 e. The second kappa shape index (κ2) is 12.1. The second-order valence-corrected chi connectivity index (χ2v) is 22.6. The summed E-state index contributed by atoms with van der Waals surface area (Å²) in [4.78, 5) is 0. The van der Waals surface area contributed by atoms with E-state index in [1.54, 1.807) is 11.1 Å². The number of hydrogen-bond donors (Lipinski definition) is 0. The molecule has 7 aliphatic rings. The number of aromatic nitrogens is 1. The van der Waals surface area contributed by atoms with Gasteiger partial charge >= 0.3 is 0 Å². The molecule has 320 valence electrons. The predicted octanol–water partition coefficient (Wildman–Crippen LogP) is 16.1. The minimum absolute atomic E-state index is 0.349. The molecule has 7 aliphatic carbocycles. The molecule has 0 amide bonds. The monoisotopic (exact) mass is 858 g/mol. The Hall–Kier alpha value is -6.95. The van der Waals surface area contributed by atoms with Crippen molar-refractivity contribution in [1.82, 2.24) is 4.40 Å². The maximum Gasteiger partial charge on any atom is 0.0995 e. The normalized spacial score (nSPS) is 22.4. The molecule has 0 saturated heterocycles. The number of nitrogens with zero attached hydrogens (tertiary/aromatic N) is 2. The molecule has 2 saturated carbocycles. The van der Waals surface area contributed by atoms with Crippen molar-refractivity contribution in [2.45, 2.75) is 87.9 Å². The zero-order valence-electron chi connectivity index (χ0n) is 38.6. The minimum atomic E-state index is -0.413. The fourth-order valence-electron chi connectivity index (χ4n) is 16.7. The molecule has 1 spiro atoms. The van der Waals surface area contributed by atoms with Gasteiger partial charge in [0.25, 0.3) is 0 Å². The molecule has 0 N–H and O–H groups in total. The average molecular weight is 859 g/mol. The van der Waals surface area contributed by atoms with E-state index in [1.165, 1.54) is 148 Å². The van der Waals surface area contributed by atoms with E-state index in [4.69, 9.17) is 0 Å². The van der Waals surface area contributed by atoms with E-state index in [1.807, 2.05) is 0 Å². The summed E-state index contributed by atoms with van der Waals surface area (Å²) in [5.74, 6) is 2.90. The van der Waals surface area contributed by atoms with Crippen molar-refractivity contribution in [3.8, 4) is 39.4 Å². The van der Waals surface area contributed by atoms with Crippen molar-refractivity contribution < 1.29 is 0 Å². The molecule has 2 fully saturated rings. The van der Waals surface area contributed by atoms with Crippen LogP contribution in [0.3, 0.4) is 0 Å². The Balaban J connectivity index is 1.08. The van der Waals surface area contributed by atoms with Gasteiger partial charge < -0.3 is 4.40 Å². The van der Waals surface area contributed by atoms with Gasteiger partial charge in [-0.2, -0.15) is 5.26 Å². The second-order valence-electron chi connectivity index (χ2n) is 22.6. The number of fused-ring (bicyclic) bond motifs is 19. The van der Waals surface area contributed by atoms with Gasteiger partial charge in [0, 0.05) is 32.4 Å². The maximum atomic E-state index is 11.3. The van der Waals surface area contributed by atoms with Crippen LogP contribution in [0, 0.1) is 23.2 Å². The molecule has 2 atom stereocenters. The topological polar surface area (TPSA) is 28.2 Å². The molecule has 10 aromatic rings. The first-order valence-electron chi connectivity index (χ1n) is 25.0. The van der Waals surface area contributed by atoms with Crippen molar-refractivity contribution in [3.63, 3.8) is 0 Å². The first-order chi connectivity index (χ1) is 32.7. The lowest BCUT2D eigenvalue weighted by Gasteiger charge is -2.44. The number of benzene rings is 8. The fraction of sp³-hybridized carbons (Fsp3) is 0.246. The van der Waals surface area contributed by atoms with E-state index in [9.17, 15) is 5.26 Å². The van der Waals surface area contributed by atoms with Crippen LogP contribution in [0.15, 0.2) is 146 Å². The van der Waals surface area contributed by atoms with E-state index in [-0.39, 0.29) is 10.8 Å². The molecule has 2 unspecified atom stereocenters. The Morgan fingerprint density at radius 2 is 1.03 bits per heavy atom. The van der Waals surface area contributed by atoms with Gasteiger partial charge in [-0.3, -0.25) is 0 Å². The van der Waals surface area contributed by atoms with Gasteiger partial charge in [0.1, 0.15) is 0 Å². The quantitative estimate of drug-likeness (QED) is 0.162. The smallest absolute Gasteiger partial charge is 0.0995 e. The van der Waals surface area contributed by atoms with E-state index in [2.05, 4.69) is 184 Å². The van der Waals surface area contributed by atoms with Crippen molar-refractivity contribution in [1.29, 1.82) is 5.26 Å². The average Bonchev–Trinajstić information content (AvgIpc) is 4.02. The van der Waals surface area contributed by atoms with Crippen molar-refractivity contribution in [2.75, 3.05) is 0 Å². The van der Waals surface area contributed by atoms with E-state index >= 15 is 0 Å². The summed E-state index contributed by atoms with van der Waals surface area (Å²) in [6.45, 7) is 9.53. The molecule has 17 rings (SSSR count). The van der Waals surface area contributed by atoms with Crippen LogP contribution in [-0.4, -0.2) is 4.40 Å². The lowest BCUT2D eigenvalue weighted by Crippen LogP contribution is -2.37. The number of hydrogen-bond acceptors (Lipinski definition) is 1. The summed E-state index contributed by atoms with van der Waals surface area (Å²) >= 11 is 0. The maximum absolute atomic E-state index is 11.3. The molecular weight excluding hydrogens is 809 g/mol. The van der Waals surface area contributed by atoms with Gasteiger partial charge in [0.15, 0.2) is 0 Å². The van der Waals surface area contributed by atoms with Crippen molar-refractivity contribution >= 4 is 38.1 Å². The van der Waals surface area contributed by atoms with Gasteiger partial charge in [-0.25, -0.2) is 0 Å². The van der Waals surface area contributed by atoms with E-state index < -0.39 is 5.41 Å². The molecule has 67 heavy (non-hydrogen) atoms. The van der Waals surface area contributed by atoms with Gasteiger partial charge in [0.2, 0.25) is 0 Å². The van der Waals surface area contributed by atoms with Gasteiger partial charge in [-0.05, 0) is 169 Å². The lowest BCUT2D eigenvalue weighted by molar-refractivity contribution is 0.166. The lowest BCUT2D eigenvalue weighted by atomic mass is 9.58. The molecule has 2 heterocycles. The van der Waals surface area contributed by atoms with Crippen LogP contribution in [0.4, 0.5) is 0 Å². The Kier molecular flexibility index (Phi) is 6.73. The Labute approximate surface area is 391 Å². The van der Waals surface area contributed by atoms with Gasteiger partial charge in [-0.15, -0.1) is 0 Å². The highest BCUT2D eigenvalue weighted by Crippen LogP contribution is 2.65. The molecule has 0 radical (unpaired) electrons. The SMILES string of the molecule is CC1(C)c2ccccc2C(C)(C)c2c1c(C#N)cc1c2c2cc(-c3cccc4c3-c3ccccc3C43c4ccccc4-c4ccccc43)cc3c4c5c(ccc4n1c32)C1CC2CC(C1)CC5C2. The summed E-state index contributed by atoms with van der Waals surface area (Å²) in [5.41, 5.74) is 25.4. The Bertz CT molecular complexity index is 3900. The highest BCUT2D eigenvalue weighted by atomic mass is 14.9. The highest BCUT2D eigenvalue weighted by molar-refractivity contribution is 6.27. The van der Waals surface area contributed by atoms with Crippen molar-refractivity contribution in [2.24, 2.45) is 11.8 Å². The molecule has 4 bridgehead atoms. The molecule has 2 heteroatoms. The van der Waals surface area contributed by atoms with Crippen LogP contribution in [0.2, 0.25) is 0 Å². The first kappa shape index (κ1) is 37.2. The highest BCUT2D eigenvalue weighted by Gasteiger charge is 2.52. The summed E-state index contributed by atoms with van der Waals surface area (Å²) in [6.07, 6.45) is 6.74. The molecule has 0 aliphatic heterocycles. The largest absolute Gasteiger partial charge is 0.308 e. The number of rotatable bonds is 1. The van der Waals surface area contributed by atoms with Crippen LogP contribution < -0.4 is 0 Å². The van der Waals surface area contributed by atoms with E-state index in [0.717, 1.165) is 17.4 Å².